The predicted octanol–water partition coefficient (Wildman–Crippen LogP) is 3.43. The van der Waals surface area contributed by atoms with E-state index in [-0.39, 0.29) is 5.56 Å². The normalized spacial score (nSPS) is 13.0. The van der Waals surface area contributed by atoms with E-state index in [2.05, 4.69) is 4.98 Å². The molecule has 3 aromatic rings. The van der Waals surface area contributed by atoms with E-state index >= 15 is 0 Å². The quantitative estimate of drug-likeness (QED) is 0.743. The number of halogens is 1. The number of aromatic carboxylic acids is 1. The Hall–Kier alpha value is -2.69. The lowest BCUT2D eigenvalue weighted by Gasteiger charge is -2.18. The molecule has 1 N–H and O–H groups in total. The zero-order valence-electron chi connectivity index (χ0n) is 10.9. The topological polar surface area (TPSA) is 63.3 Å². The van der Waals surface area contributed by atoms with Gasteiger partial charge in [-0.05, 0) is 36.2 Å². The Morgan fingerprint density at radius 3 is 2.95 bits per heavy atom. The second kappa shape index (κ2) is 4.15. The van der Waals surface area contributed by atoms with Crippen LogP contribution >= 0.6 is 0 Å². The fourth-order valence-electron chi connectivity index (χ4n) is 2.97. The van der Waals surface area contributed by atoms with Crippen LogP contribution in [0.3, 0.4) is 0 Å². The van der Waals surface area contributed by atoms with Crippen molar-refractivity contribution >= 4 is 16.9 Å². The van der Waals surface area contributed by atoms with Crippen LogP contribution in [-0.2, 0) is 12.8 Å². The summed E-state index contributed by atoms with van der Waals surface area (Å²) in [4.78, 5) is 16.2. The van der Waals surface area contributed by atoms with Gasteiger partial charge in [0.05, 0.1) is 23.0 Å². The molecule has 0 saturated carbocycles. The SMILES string of the molecule is O=C(O)c1c2c(nc3ccc(F)cc13)-c1ccoc1CC2. The maximum atomic E-state index is 13.5. The smallest absolute Gasteiger partial charge is 0.336 e. The van der Waals surface area contributed by atoms with E-state index in [4.69, 9.17) is 4.42 Å². The number of hydrogen-bond donors (Lipinski definition) is 1. The summed E-state index contributed by atoms with van der Waals surface area (Å²) in [6.07, 6.45) is 2.73. The average molecular weight is 283 g/mol. The number of furan rings is 1. The van der Waals surface area contributed by atoms with Gasteiger partial charge in [-0.2, -0.15) is 0 Å². The molecular formula is C16H10FNO3. The lowest BCUT2D eigenvalue weighted by molar-refractivity contribution is 0.0697. The second-order valence-electron chi connectivity index (χ2n) is 5.04. The van der Waals surface area contributed by atoms with Gasteiger partial charge < -0.3 is 9.52 Å². The first-order valence-corrected chi connectivity index (χ1v) is 6.57. The van der Waals surface area contributed by atoms with E-state index in [1.807, 2.05) is 0 Å². The monoisotopic (exact) mass is 283 g/mol. The molecule has 0 saturated heterocycles. The summed E-state index contributed by atoms with van der Waals surface area (Å²) in [6.45, 7) is 0. The molecule has 0 radical (unpaired) electrons. The summed E-state index contributed by atoms with van der Waals surface area (Å²) in [7, 11) is 0. The molecule has 0 bridgehead atoms. The molecule has 1 aliphatic carbocycles. The number of carboxylic acids is 1. The van der Waals surface area contributed by atoms with Crippen LogP contribution in [0.2, 0.25) is 0 Å². The van der Waals surface area contributed by atoms with E-state index in [1.165, 1.54) is 18.2 Å². The van der Waals surface area contributed by atoms with Crippen LogP contribution in [0.5, 0.6) is 0 Å². The number of carbonyl (C=O) groups is 1. The Morgan fingerprint density at radius 2 is 2.14 bits per heavy atom. The maximum absolute atomic E-state index is 13.5. The molecule has 104 valence electrons. The van der Waals surface area contributed by atoms with Gasteiger partial charge in [-0.3, -0.25) is 0 Å². The summed E-state index contributed by atoms with van der Waals surface area (Å²) in [5.41, 5.74) is 2.71. The molecule has 0 atom stereocenters. The predicted molar refractivity (Wildman–Crippen MR) is 73.8 cm³/mol. The van der Waals surface area contributed by atoms with Crippen LogP contribution < -0.4 is 0 Å². The highest BCUT2D eigenvalue weighted by Crippen LogP contribution is 2.37. The molecule has 0 amide bonds. The van der Waals surface area contributed by atoms with Crippen LogP contribution in [0.15, 0.2) is 34.9 Å². The van der Waals surface area contributed by atoms with E-state index in [0.717, 1.165) is 11.3 Å². The average Bonchev–Trinajstić information content (AvgIpc) is 2.93. The van der Waals surface area contributed by atoms with Gasteiger partial charge in [0, 0.05) is 17.4 Å². The Kier molecular flexibility index (Phi) is 2.39. The van der Waals surface area contributed by atoms with Crippen molar-refractivity contribution in [3.63, 3.8) is 0 Å². The number of aryl methyl sites for hydroxylation is 1. The highest BCUT2D eigenvalue weighted by Gasteiger charge is 2.27. The van der Waals surface area contributed by atoms with Gasteiger partial charge in [-0.1, -0.05) is 0 Å². The van der Waals surface area contributed by atoms with Crippen molar-refractivity contribution in [1.29, 1.82) is 0 Å². The first-order chi connectivity index (χ1) is 10.1. The number of rotatable bonds is 1. The molecule has 4 rings (SSSR count). The van der Waals surface area contributed by atoms with Crippen molar-refractivity contribution in [3.05, 3.63) is 53.2 Å². The Morgan fingerprint density at radius 1 is 1.29 bits per heavy atom. The van der Waals surface area contributed by atoms with Crippen molar-refractivity contribution in [1.82, 2.24) is 4.98 Å². The number of benzene rings is 1. The molecule has 0 unspecified atom stereocenters. The minimum atomic E-state index is -1.06. The van der Waals surface area contributed by atoms with Gasteiger partial charge in [0.25, 0.3) is 0 Å². The van der Waals surface area contributed by atoms with Gasteiger partial charge in [-0.25, -0.2) is 14.2 Å². The van der Waals surface area contributed by atoms with Crippen LogP contribution in [0, 0.1) is 5.82 Å². The molecule has 0 fully saturated rings. The van der Waals surface area contributed by atoms with E-state index in [1.54, 1.807) is 12.3 Å². The van der Waals surface area contributed by atoms with Crippen LogP contribution in [0.4, 0.5) is 4.39 Å². The van der Waals surface area contributed by atoms with Gasteiger partial charge in [0.1, 0.15) is 11.6 Å². The molecule has 1 aromatic carbocycles. The first-order valence-electron chi connectivity index (χ1n) is 6.57. The van der Waals surface area contributed by atoms with Crippen LogP contribution in [0.25, 0.3) is 22.2 Å². The van der Waals surface area contributed by atoms with Gasteiger partial charge in [0.2, 0.25) is 0 Å². The standard InChI is InChI=1S/C16H10FNO3/c17-8-1-3-12-11(7-8)14(16(19)20)10-2-4-13-9(5-6-21-13)15(10)18-12/h1,3,5-7H,2,4H2,(H,19,20). The van der Waals surface area contributed by atoms with Crippen molar-refractivity contribution in [2.24, 2.45) is 0 Å². The van der Waals surface area contributed by atoms with Gasteiger partial charge in [-0.15, -0.1) is 0 Å². The molecule has 5 heteroatoms. The minimum Gasteiger partial charge on any atom is -0.478 e. The van der Waals surface area contributed by atoms with Gasteiger partial charge in [0.15, 0.2) is 0 Å². The summed E-state index contributed by atoms with van der Waals surface area (Å²) < 4.78 is 18.9. The fraction of sp³-hybridized carbons (Fsp3) is 0.125. The molecule has 2 aromatic heterocycles. The van der Waals surface area contributed by atoms with Crippen molar-refractivity contribution < 1.29 is 18.7 Å². The Balaban J connectivity index is 2.15. The minimum absolute atomic E-state index is 0.140. The number of pyridine rings is 1. The largest absolute Gasteiger partial charge is 0.478 e. The van der Waals surface area contributed by atoms with E-state index in [0.29, 0.717) is 35.0 Å². The van der Waals surface area contributed by atoms with Crippen molar-refractivity contribution in [2.45, 2.75) is 12.8 Å². The lowest BCUT2D eigenvalue weighted by Crippen LogP contribution is -2.12. The van der Waals surface area contributed by atoms with Crippen molar-refractivity contribution in [3.8, 4) is 11.3 Å². The number of nitrogens with zero attached hydrogens (tertiary/aromatic N) is 1. The summed E-state index contributed by atoms with van der Waals surface area (Å²) in [6, 6.07) is 5.82. The highest BCUT2D eigenvalue weighted by atomic mass is 19.1. The molecule has 1 aliphatic rings. The third kappa shape index (κ3) is 1.67. The highest BCUT2D eigenvalue weighted by molar-refractivity contribution is 6.06. The second-order valence-corrected chi connectivity index (χ2v) is 5.04. The van der Waals surface area contributed by atoms with E-state index in [9.17, 15) is 14.3 Å². The number of fused-ring (bicyclic) bond motifs is 4. The lowest BCUT2D eigenvalue weighted by atomic mass is 9.89. The number of hydrogen-bond acceptors (Lipinski definition) is 3. The molecular weight excluding hydrogens is 273 g/mol. The Bertz CT molecular complexity index is 898. The van der Waals surface area contributed by atoms with Crippen LogP contribution in [0.1, 0.15) is 21.7 Å². The molecule has 21 heavy (non-hydrogen) atoms. The van der Waals surface area contributed by atoms with Gasteiger partial charge >= 0.3 is 5.97 Å². The third-order valence-corrected chi connectivity index (χ3v) is 3.86. The maximum Gasteiger partial charge on any atom is 0.336 e. The molecule has 4 nitrogen and oxygen atoms in total. The van der Waals surface area contributed by atoms with E-state index < -0.39 is 11.8 Å². The Labute approximate surface area is 118 Å². The molecule has 2 heterocycles. The zero-order valence-corrected chi connectivity index (χ0v) is 10.9. The third-order valence-electron chi connectivity index (χ3n) is 3.86. The number of carboxylic acid groups (broad SMARTS) is 1. The summed E-state index contributed by atoms with van der Waals surface area (Å²) >= 11 is 0. The number of aromatic nitrogens is 1. The fourth-order valence-corrected chi connectivity index (χ4v) is 2.97. The molecule has 0 aliphatic heterocycles. The first kappa shape index (κ1) is 12.1. The van der Waals surface area contributed by atoms with Crippen molar-refractivity contribution in [2.75, 3.05) is 0 Å². The zero-order chi connectivity index (χ0) is 14.6. The van der Waals surface area contributed by atoms with Crippen LogP contribution in [-0.4, -0.2) is 16.1 Å². The summed E-state index contributed by atoms with van der Waals surface area (Å²) in [5.74, 6) is -0.712. The molecule has 0 spiro atoms. The summed E-state index contributed by atoms with van der Waals surface area (Å²) in [5, 5.41) is 9.90.